The molecular weight excluding hydrogens is 268 g/mol. The van der Waals surface area contributed by atoms with E-state index in [0.717, 1.165) is 37.4 Å². The summed E-state index contributed by atoms with van der Waals surface area (Å²) in [6, 6.07) is 4.16. The van der Waals surface area contributed by atoms with Gasteiger partial charge in [0.15, 0.2) is 16.8 Å². The largest absolute Gasteiger partial charge is 0.346 e. The highest BCUT2D eigenvalue weighted by molar-refractivity contribution is 7.14. The minimum atomic E-state index is -0.839. The first-order chi connectivity index (χ1) is 9.25. The summed E-state index contributed by atoms with van der Waals surface area (Å²) in [7, 11) is 0. The SMILES string of the molecule is Fc1cccc(-c2csc(N3CCNCC3)n2)c1F. The summed E-state index contributed by atoms with van der Waals surface area (Å²) in [6.07, 6.45) is 0. The van der Waals surface area contributed by atoms with E-state index in [1.807, 2.05) is 0 Å². The molecule has 3 rings (SSSR count). The Morgan fingerprint density at radius 3 is 2.79 bits per heavy atom. The maximum atomic E-state index is 13.7. The minimum Gasteiger partial charge on any atom is -0.346 e. The lowest BCUT2D eigenvalue weighted by molar-refractivity contribution is 0.511. The highest BCUT2D eigenvalue weighted by atomic mass is 32.1. The fourth-order valence-electron chi connectivity index (χ4n) is 2.09. The lowest BCUT2D eigenvalue weighted by Crippen LogP contribution is -2.43. The number of hydrogen-bond donors (Lipinski definition) is 1. The van der Waals surface area contributed by atoms with E-state index >= 15 is 0 Å². The maximum Gasteiger partial charge on any atom is 0.185 e. The summed E-state index contributed by atoms with van der Waals surface area (Å²) in [5, 5.41) is 5.90. The molecule has 1 aliphatic rings. The maximum absolute atomic E-state index is 13.7. The van der Waals surface area contributed by atoms with Crippen molar-refractivity contribution in [3.63, 3.8) is 0 Å². The van der Waals surface area contributed by atoms with Crippen LogP contribution in [0.3, 0.4) is 0 Å². The Hall–Kier alpha value is -1.53. The molecule has 2 aromatic rings. The van der Waals surface area contributed by atoms with Gasteiger partial charge in [-0.2, -0.15) is 0 Å². The molecule has 2 heterocycles. The molecule has 1 aromatic heterocycles. The van der Waals surface area contributed by atoms with Crippen LogP contribution >= 0.6 is 11.3 Å². The summed E-state index contributed by atoms with van der Waals surface area (Å²) >= 11 is 1.46. The summed E-state index contributed by atoms with van der Waals surface area (Å²) < 4.78 is 26.9. The van der Waals surface area contributed by atoms with Gasteiger partial charge < -0.3 is 10.2 Å². The number of benzene rings is 1. The lowest BCUT2D eigenvalue weighted by atomic mass is 10.1. The summed E-state index contributed by atoms with van der Waals surface area (Å²) in [5.74, 6) is -1.67. The lowest BCUT2D eigenvalue weighted by Gasteiger charge is -2.26. The molecule has 0 bridgehead atoms. The molecule has 1 N–H and O–H groups in total. The van der Waals surface area contributed by atoms with Crippen LogP contribution in [0.2, 0.25) is 0 Å². The van der Waals surface area contributed by atoms with Crippen LogP contribution in [0, 0.1) is 11.6 Å². The normalized spacial score (nSPS) is 15.8. The number of aromatic nitrogens is 1. The van der Waals surface area contributed by atoms with Crippen LogP contribution in [0.5, 0.6) is 0 Å². The third-order valence-corrected chi connectivity index (χ3v) is 4.01. The molecule has 1 fully saturated rings. The topological polar surface area (TPSA) is 28.2 Å². The predicted molar refractivity (Wildman–Crippen MR) is 72.5 cm³/mol. The molecule has 1 aliphatic heterocycles. The molecular formula is C13H13F2N3S. The van der Waals surface area contributed by atoms with Gasteiger partial charge in [0.2, 0.25) is 0 Å². The van der Waals surface area contributed by atoms with E-state index in [0.29, 0.717) is 5.69 Å². The standard InChI is InChI=1S/C13H13F2N3S/c14-10-3-1-2-9(12(10)15)11-8-19-13(17-11)18-6-4-16-5-7-18/h1-3,8,16H,4-7H2. The number of thiazole rings is 1. The molecule has 0 unspecified atom stereocenters. The zero-order valence-electron chi connectivity index (χ0n) is 10.2. The number of piperazine rings is 1. The van der Waals surface area contributed by atoms with Crippen molar-refractivity contribution in [1.29, 1.82) is 0 Å². The number of hydrogen-bond acceptors (Lipinski definition) is 4. The van der Waals surface area contributed by atoms with Gasteiger partial charge in [-0.05, 0) is 12.1 Å². The highest BCUT2D eigenvalue weighted by Crippen LogP contribution is 2.29. The van der Waals surface area contributed by atoms with Crippen molar-refractivity contribution >= 4 is 16.5 Å². The van der Waals surface area contributed by atoms with E-state index in [-0.39, 0.29) is 5.56 Å². The van der Waals surface area contributed by atoms with Crippen molar-refractivity contribution in [2.45, 2.75) is 0 Å². The molecule has 1 aromatic carbocycles. The van der Waals surface area contributed by atoms with E-state index in [1.54, 1.807) is 11.4 Å². The van der Waals surface area contributed by atoms with Gasteiger partial charge in [0.05, 0.1) is 5.69 Å². The monoisotopic (exact) mass is 281 g/mol. The van der Waals surface area contributed by atoms with Crippen LogP contribution in [-0.2, 0) is 0 Å². The third-order valence-electron chi connectivity index (χ3n) is 3.11. The molecule has 0 radical (unpaired) electrons. The number of nitrogens with zero attached hydrogens (tertiary/aromatic N) is 2. The summed E-state index contributed by atoms with van der Waals surface area (Å²) in [4.78, 5) is 6.57. The van der Waals surface area contributed by atoms with Crippen LogP contribution in [0.4, 0.5) is 13.9 Å². The van der Waals surface area contributed by atoms with Gasteiger partial charge in [-0.25, -0.2) is 13.8 Å². The van der Waals surface area contributed by atoms with Crippen LogP contribution in [0.25, 0.3) is 11.3 Å². The van der Waals surface area contributed by atoms with Crippen molar-refractivity contribution in [1.82, 2.24) is 10.3 Å². The average molecular weight is 281 g/mol. The summed E-state index contributed by atoms with van der Waals surface area (Å²) in [6.45, 7) is 3.61. The first-order valence-corrected chi connectivity index (χ1v) is 6.99. The van der Waals surface area contributed by atoms with E-state index in [1.165, 1.54) is 17.4 Å². The van der Waals surface area contributed by atoms with Crippen molar-refractivity contribution in [2.24, 2.45) is 0 Å². The van der Waals surface area contributed by atoms with E-state index in [2.05, 4.69) is 15.2 Å². The van der Waals surface area contributed by atoms with Crippen molar-refractivity contribution in [3.8, 4) is 11.3 Å². The second kappa shape index (κ2) is 5.22. The molecule has 0 spiro atoms. The average Bonchev–Trinajstić information content (AvgIpc) is 2.92. The molecule has 0 saturated carbocycles. The second-order valence-corrected chi connectivity index (χ2v) is 5.19. The summed E-state index contributed by atoms with van der Waals surface area (Å²) in [5.41, 5.74) is 0.716. The number of halogens is 2. The molecule has 0 aliphatic carbocycles. The fraction of sp³-hybridized carbons (Fsp3) is 0.308. The van der Waals surface area contributed by atoms with E-state index in [4.69, 9.17) is 0 Å². The second-order valence-electron chi connectivity index (χ2n) is 4.35. The molecule has 100 valence electrons. The van der Waals surface area contributed by atoms with Crippen LogP contribution in [-0.4, -0.2) is 31.2 Å². The van der Waals surface area contributed by atoms with Crippen molar-refractivity contribution in [2.75, 3.05) is 31.1 Å². The Balaban J connectivity index is 1.90. The molecule has 19 heavy (non-hydrogen) atoms. The zero-order valence-corrected chi connectivity index (χ0v) is 11.0. The Bertz CT molecular complexity index is 579. The van der Waals surface area contributed by atoms with Gasteiger partial charge in [-0.15, -0.1) is 11.3 Å². The van der Waals surface area contributed by atoms with Gasteiger partial charge >= 0.3 is 0 Å². The predicted octanol–water partition coefficient (Wildman–Crippen LogP) is 2.50. The smallest absolute Gasteiger partial charge is 0.185 e. The molecule has 3 nitrogen and oxygen atoms in total. The molecule has 0 amide bonds. The third kappa shape index (κ3) is 2.46. The number of nitrogens with one attached hydrogen (secondary N) is 1. The molecule has 6 heteroatoms. The Labute approximate surface area is 113 Å². The van der Waals surface area contributed by atoms with Gasteiger partial charge in [0.25, 0.3) is 0 Å². The van der Waals surface area contributed by atoms with Gasteiger partial charge in [-0.3, -0.25) is 0 Å². The Morgan fingerprint density at radius 1 is 1.21 bits per heavy atom. The van der Waals surface area contributed by atoms with Crippen LogP contribution in [0.1, 0.15) is 0 Å². The first-order valence-electron chi connectivity index (χ1n) is 6.11. The zero-order chi connectivity index (χ0) is 13.2. The van der Waals surface area contributed by atoms with Gasteiger partial charge in [0, 0.05) is 37.1 Å². The minimum absolute atomic E-state index is 0.220. The van der Waals surface area contributed by atoms with Crippen LogP contribution in [0.15, 0.2) is 23.6 Å². The quantitative estimate of drug-likeness (QED) is 0.916. The van der Waals surface area contributed by atoms with Crippen molar-refractivity contribution < 1.29 is 8.78 Å². The highest BCUT2D eigenvalue weighted by Gasteiger charge is 2.17. The van der Waals surface area contributed by atoms with E-state index < -0.39 is 11.6 Å². The Kier molecular flexibility index (Phi) is 3.44. The van der Waals surface area contributed by atoms with Gasteiger partial charge in [-0.1, -0.05) is 6.07 Å². The molecule has 1 saturated heterocycles. The molecule has 0 atom stereocenters. The van der Waals surface area contributed by atoms with Crippen molar-refractivity contribution in [3.05, 3.63) is 35.2 Å². The number of rotatable bonds is 2. The van der Waals surface area contributed by atoms with E-state index in [9.17, 15) is 8.78 Å². The number of anilines is 1. The van der Waals surface area contributed by atoms with Gasteiger partial charge in [0.1, 0.15) is 0 Å². The first kappa shape index (κ1) is 12.5. The van der Waals surface area contributed by atoms with Crippen LogP contribution < -0.4 is 10.2 Å². The fourth-order valence-corrected chi connectivity index (χ4v) is 2.97. The Morgan fingerprint density at radius 2 is 2.00 bits per heavy atom.